The van der Waals surface area contributed by atoms with Crippen molar-refractivity contribution in [2.75, 3.05) is 21.7 Å². The Bertz CT molecular complexity index is 1030. The summed E-state index contributed by atoms with van der Waals surface area (Å²) >= 11 is 1.45. The zero-order valence-corrected chi connectivity index (χ0v) is 14.7. The Labute approximate surface area is 158 Å². The number of nitrogens with one attached hydrogen (secondary N) is 3. The number of rotatable bonds is 4. The first-order valence-corrected chi connectivity index (χ1v) is 8.98. The van der Waals surface area contributed by atoms with E-state index < -0.39 is 5.82 Å². The van der Waals surface area contributed by atoms with Gasteiger partial charge in [0.2, 0.25) is 11.9 Å². The van der Waals surface area contributed by atoms with Crippen LogP contribution in [-0.2, 0) is 4.79 Å². The van der Waals surface area contributed by atoms with E-state index in [2.05, 4.69) is 25.9 Å². The van der Waals surface area contributed by atoms with Crippen LogP contribution in [0.15, 0.2) is 53.6 Å². The number of aromatic hydroxyl groups is 1. The van der Waals surface area contributed by atoms with Crippen molar-refractivity contribution in [3.05, 3.63) is 54.5 Å². The molecule has 0 radical (unpaired) electrons. The quantitative estimate of drug-likeness (QED) is 0.543. The molecule has 3 aromatic rings. The van der Waals surface area contributed by atoms with Gasteiger partial charge in [0.25, 0.3) is 0 Å². The van der Waals surface area contributed by atoms with E-state index in [4.69, 9.17) is 0 Å². The number of halogens is 1. The van der Waals surface area contributed by atoms with E-state index in [1.54, 1.807) is 24.3 Å². The van der Waals surface area contributed by atoms with Gasteiger partial charge in [-0.15, -0.1) is 11.8 Å². The predicted octanol–water partition coefficient (Wildman–Crippen LogP) is 3.85. The van der Waals surface area contributed by atoms with Gasteiger partial charge in [0.05, 0.1) is 17.6 Å². The van der Waals surface area contributed by atoms with E-state index in [1.807, 2.05) is 6.07 Å². The number of nitrogens with zero attached hydrogens (tertiary/aromatic N) is 2. The molecule has 0 saturated carbocycles. The molecular formula is C18H14FN5O2S. The first kappa shape index (κ1) is 17.1. The zero-order chi connectivity index (χ0) is 18.8. The number of carbonyl (C=O) groups is 1. The van der Waals surface area contributed by atoms with Crippen LogP contribution in [0.5, 0.6) is 5.75 Å². The summed E-state index contributed by atoms with van der Waals surface area (Å²) < 4.78 is 14.1. The highest BCUT2D eigenvalue weighted by molar-refractivity contribution is 8.00. The summed E-state index contributed by atoms with van der Waals surface area (Å²) in [5.74, 6) is -0.0594. The number of hydrogen-bond donors (Lipinski definition) is 4. The van der Waals surface area contributed by atoms with Crippen molar-refractivity contribution in [1.29, 1.82) is 0 Å². The maximum Gasteiger partial charge on any atom is 0.234 e. The Hall–Kier alpha value is -3.33. The molecule has 0 fully saturated rings. The lowest BCUT2D eigenvalue weighted by Crippen LogP contribution is -2.18. The van der Waals surface area contributed by atoms with Crippen LogP contribution in [0.3, 0.4) is 0 Å². The van der Waals surface area contributed by atoms with Crippen LogP contribution in [0.1, 0.15) is 0 Å². The summed E-state index contributed by atoms with van der Waals surface area (Å²) in [5.41, 5.74) is 1.83. The van der Waals surface area contributed by atoms with Crippen LogP contribution in [0, 0.1) is 5.82 Å². The monoisotopic (exact) mass is 383 g/mol. The summed E-state index contributed by atoms with van der Waals surface area (Å²) in [6.45, 7) is 0. The van der Waals surface area contributed by atoms with E-state index in [9.17, 15) is 14.3 Å². The number of hydrogen-bond acceptors (Lipinski definition) is 7. The minimum Gasteiger partial charge on any atom is -0.508 e. The molecule has 136 valence electrons. The van der Waals surface area contributed by atoms with Gasteiger partial charge in [0.1, 0.15) is 5.75 Å². The topological polar surface area (TPSA) is 99.2 Å². The molecule has 1 aromatic heterocycles. The second-order valence-electron chi connectivity index (χ2n) is 5.74. The van der Waals surface area contributed by atoms with Gasteiger partial charge >= 0.3 is 0 Å². The number of thioether (sulfide) groups is 1. The molecule has 4 N–H and O–H groups in total. The highest BCUT2D eigenvalue weighted by atomic mass is 32.2. The molecule has 9 heteroatoms. The molecule has 0 atom stereocenters. The largest absolute Gasteiger partial charge is 0.508 e. The lowest BCUT2D eigenvalue weighted by Gasteiger charge is -2.17. The molecule has 2 aromatic carbocycles. The van der Waals surface area contributed by atoms with Gasteiger partial charge in [-0.1, -0.05) is 6.07 Å². The van der Waals surface area contributed by atoms with Gasteiger partial charge < -0.3 is 21.1 Å². The number of benzene rings is 2. The minimum atomic E-state index is -0.618. The Morgan fingerprint density at radius 2 is 2.00 bits per heavy atom. The fourth-order valence-corrected chi connectivity index (χ4v) is 3.31. The fourth-order valence-electron chi connectivity index (χ4n) is 2.53. The van der Waals surface area contributed by atoms with Crippen LogP contribution in [0.2, 0.25) is 0 Å². The average molecular weight is 383 g/mol. The van der Waals surface area contributed by atoms with Gasteiger partial charge in [-0.2, -0.15) is 4.98 Å². The number of carbonyl (C=O) groups excluding carboxylic acids is 1. The first-order valence-electron chi connectivity index (χ1n) is 7.99. The van der Waals surface area contributed by atoms with Gasteiger partial charge in [-0.05, 0) is 30.3 Å². The molecule has 2 heterocycles. The summed E-state index contributed by atoms with van der Waals surface area (Å²) in [7, 11) is 0. The van der Waals surface area contributed by atoms with E-state index in [1.165, 1.54) is 23.9 Å². The number of anilines is 5. The van der Waals surface area contributed by atoms with Crippen molar-refractivity contribution < 1.29 is 14.3 Å². The predicted molar refractivity (Wildman–Crippen MR) is 102 cm³/mol. The van der Waals surface area contributed by atoms with Crippen molar-refractivity contribution in [1.82, 2.24) is 9.97 Å². The highest BCUT2D eigenvalue weighted by Crippen LogP contribution is 2.34. The minimum absolute atomic E-state index is 0.0117. The zero-order valence-electron chi connectivity index (χ0n) is 13.9. The van der Waals surface area contributed by atoms with Crippen molar-refractivity contribution in [2.45, 2.75) is 4.90 Å². The lowest BCUT2D eigenvalue weighted by atomic mass is 10.2. The van der Waals surface area contributed by atoms with E-state index in [-0.39, 0.29) is 23.4 Å². The van der Waals surface area contributed by atoms with E-state index in [0.717, 1.165) is 11.1 Å². The van der Waals surface area contributed by atoms with Crippen LogP contribution in [0.4, 0.5) is 33.2 Å². The van der Waals surface area contributed by atoms with Crippen molar-refractivity contribution in [2.24, 2.45) is 0 Å². The molecule has 4 rings (SSSR count). The maximum atomic E-state index is 14.1. The second-order valence-corrected chi connectivity index (χ2v) is 6.76. The molecular weight excluding hydrogens is 369 g/mol. The molecule has 1 aliphatic rings. The lowest BCUT2D eigenvalue weighted by molar-refractivity contribution is -0.113. The van der Waals surface area contributed by atoms with Crippen molar-refractivity contribution in [3.63, 3.8) is 0 Å². The number of aromatic nitrogens is 2. The Morgan fingerprint density at radius 1 is 1.15 bits per heavy atom. The second kappa shape index (κ2) is 7.12. The SMILES string of the molecule is O=C1CSc2ccc(Nc3nc(Nc4cccc(O)c4)ncc3F)cc2N1. The molecule has 1 aliphatic heterocycles. The molecule has 1 amide bonds. The van der Waals surface area contributed by atoms with Gasteiger partial charge in [0, 0.05) is 22.3 Å². The smallest absolute Gasteiger partial charge is 0.234 e. The van der Waals surface area contributed by atoms with Gasteiger partial charge in [0.15, 0.2) is 11.6 Å². The van der Waals surface area contributed by atoms with E-state index in [0.29, 0.717) is 22.8 Å². The molecule has 7 nitrogen and oxygen atoms in total. The number of phenols is 1. The van der Waals surface area contributed by atoms with Crippen molar-refractivity contribution in [3.8, 4) is 5.75 Å². The average Bonchev–Trinajstić information content (AvgIpc) is 2.64. The van der Waals surface area contributed by atoms with Gasteiger partial charge in [-0.3, -0.25) is 4.79 Å². The standard InChI is InChI=1S/C18H14FN5O2S/c19-13-8-20-18(22-10-2-1-3-12(25)6-10)24-17(13)21-11-4-5-15-14(7-11)23-16(26)9-27-15/h1-8,25H,9H2,(H,23,26)(H2,20,21,22,24). The van der Waals surface area contributed by atoms with Gasteiger partial charge in [-0.25, -0.2) is 9.37 Å². The van der Waals surface area contributed by atoms with E-state index >= 15 is 0 Å². The fraction of sp³-hybridized carbons (Fsp3) is 0.0556. The third kappa shape index (κ3) is 3.93. The number of amides is 1. The molecule has 0 saturated heterocycles. The third-order valence-electron chi connectivity index (χ3n) is 3.72. The summed E-state index contributed by atoms with van der Waals surface area (Å²) in [5, 5.41) is 18.1. The molecule has 0 bridgehead atoms. The summed E-state index contributed by atoms with van der Waals surface area (Å²) in [6, 6.07) is 11.8. The Balaban J connectivity index is 1.57. The first-order chi connectivity index (χ1) is 13.1. The van der Waals surface area contributed by atoms with Crippen molar-refractivity contribution >= 4 is 46.5 Å². The molecule has 0 spiro atoms. The normalized spacial score (nSPS) is 12.9. The maximum absolute atomic E-state index is 14.1. The third-order valence-corrected chi connectivity index (χ3v) is 4.80. The molecule has 0 aliphatic carbocycles. The summed E-state index contributed by atoms with van der Waals surface area (Å²) in [6.07, 6.45) is 1.05. The van der Waals surface area contributed by atoms with Crippen LogP contribution in [0.25, 0.3) is 0 Å². The number of phenolic OH excluding ortho intramolecular Hbond substituents is 1. The number of fused-ring (bicyclic) bond motifs is 1. The van der Waals surface area contributed by atoms with Crippen LogP contribution >= 0.6 is 11.8 Å². The Kier molecular flexibility index (Phi) is 4.51. The molecule has 27 heavy (non-hydrogen) atoms. The molecule has 0 unspecified atom stereocenters. The summed E-state index contributed by atoms with van der Waals surface area (Å²) in [4.78, 5) is 20.5. The van der Waals surface area contributed by atoms with Crippen LogP contribution < -0.4 is 16.0 Å². The Morgan fingerprint density at radius 3 is 2.85 bits per heavy atom. The highest BCUT2D eigenvalue weighted by Gasteiger charge is 2.16. The van der Waals surface area contributed by atoms with Crippen LogP contribution in [-0.4, -0.2) is 26.7 Å².